The van der Waals surface area contributed by atoms with Crippen molar-refractivity contribution in [1.29, 1.82) is 0 Å². The molecule has 158 valence electrons. The summed E-state index contributed by atoms with van der Waals surface area (Å²) in [5.74, 6) is 0.912. The van der Waals surface area contributed by atoms with Crippen molar-refractivity contribution in [3.8, 4) is 5.75 Å². The molecule has 3 aromatic rings. The van der Waals surface area contributed by atoms with E-state index in [-0.39, 0.29) is 30.4 Å². The van der Waals surface area contributed by atoms with Gasteiger partial charge in [-0.05, 0) is 35.7 Å². The number of fused-ring (bicyclic) bond motifs is 1. The maximum absolute atomic E-state index is 13.8. The van der Waals surface area contributed by atoms with Crippen LogP contribution in [0, 0.1) is 11.7 Å². The van der Waals surface area contributed by atoms with Crippen molar-refractivity contribution in [3.63, 3.8) is 0 Å². The Kier molecular flexibility index (Phi) is 5.43. The summed E-state index contributed by atoms with van der Waals surface area (Å²) in [4.78, 5) is 14.9. The van der Waals surface area contributed by atoms with Gasteiger partial charge < -0.3 is 10.1 Å². The number of carbonyl (C=O) groups is 1. The average Bonchev–Trinajstić information content (AvgIpc) is 3.34. The number of hydrogen-bond acceptors (Lipinski definition) is 3. The molecule has 2 fully saturated rings. The minimum Gasteiger partial charge on any atom is -0.489 e. The smallest absolute Gasteiger partial charge is 0.237 e. The zero-order valence-corrected chi connectivity index (χ0v) is 17.2. The topological polar surface area (TPSA) is 41.6 Å². The van der Waals surface area contributed by atoms with E-state index in [1.807, 2.05) is 30.3 Å². The number of amides is 1. The Balaban J connectivity index is 1.33. The zero-order valence-electron chi connectivity index (χ0n) is 17.2. The van der Waals surface area contributed by atoms with Crippen LogP contribution in [0.2, 0.25) is 0 Å². The standard InChI is InChI=1S/C26H25FN2O2/c27-23-9-5-4-8-20(23)17-31-22-12-10-19(11-13-22)24-14-21-15-28-26(30)25(21)29(24)16-18-6-2-1-3-7-18/h1-13,21,24-25H,14-17H2,(H,28,30)/t21-,24-,25-/m1/s1. The molecule has 0 saturated carbocycles. The summed E-state index contributed by atoms with van der Waals surface area (Å²) in [6.07, 6.45) is 0.950. The Bertz CT molecular complexity index is 1050. The van der Waals surface area contributed by atoms with Gasteiger partial charge in [0.2, 0.25) is 5.91 Å². The number of hydrogen-bond donors (Lipinski definition) is 1. The zero-order chi connectivity index (χ0) is 21.2. The van der Waals surface area contributed by atoms with E-state index in [0.717, 1.165) is 19.5 Å². The molecule has 3 atom stereocenters. The Morgan fingerprint density at radius 3 is 2.48 bits per heavy atom. The summed E-state index contributed by atoms with van der Waals surface area (Å²) in [5, 5.41) is 3.02. The van der Waals surface area contributed by atoms with Crippen LogP contribution >= 0.6 is 0 Å². The highest BCUT2D eigenvalue weighted by molar-refractivity contribution is 5.85. The Hall–Kier alpha value is -3.18. The van der Waals surface area contributed by atoms with Gasteiger partial charge in [-0.1, -0.05) is 60.7 Å². The monoisotopic (exact) mass is 416 g/mol. The molecule has 2 aliphatic heterocycles. The second kappa shape index (κ2) is 8.52. The van der Waals surface area contributed by atoms with Crippen LogP contribution in [0.4, 0.5) is 4.39 Å². The molecule has 0 aliphatic carbocycles. The normalized spacial score (nSPS) is 22.9. The molecule has 2 saturated heterocycles. The molecule has 1 amide bonds. The average molecular weight is 416 g/mol. The molecular weight excluding hydrogens is 391 g/mol. The number of halogens is 1. The van der Waals surface area contributed by atoms with E-state index in [1.54, 1.807) is 18.2 Å². The largest absolute Gasteiger partial charge is 0.489 e. The Morgan fingerprint density at radius 2 is 1.71 bits per heavy atom. The van der Waals surface area contributed by atoms with E-state index in [4.69, 9.17) is 4.74 Å². The van der Waals surface area contributed by atoms with Gasteiger partial charge in [-0.3, -0.25) is 9.69 Å². The molecule has 1 N–H and O–H groups in total. The van der Waals surface area contributed by atoms with Gasteiger partial charge in [-0.15, -0.1) is 0 Å². The fourth-order valence-electron chi connectivity index (χ4n) is 4.80. The highest BCUT2D eigenvalue weighted by atomic mass is 19.1. The highest BCUT2D eigenvalue weighted by Gasteiger charge is 2.48. The van der Waals surface area contributed by atoms with Gasteiger partial charge >= 0.3 is 0 Å². The minimum atomic E-state index is -0.258. The van der Waals surface area contributed by atoms with E-state index >= 15 is 0 Å². The first-order valence-corrected chi connectivity index (χ1v) is 10.7. The molecule has 2 aliphatic rings. The second-order valence-corrected chi connectivity index (χ2v) is 8.31. The van der Waals surface area contributed by atoms with Gasteiger partial charge in [-0.2, -0.15) is 0 Å². The summed E-state index contributed by atoms with van der Waals surface area (Å²) in [6.45, 7) is 1.68. The number of carbonyl (C=O) groups excluding carboxylic acids is 1. The molecule has 0 bridgehead atoms. The van der Waals surface area contributed by atoms with Crippen LogP contribution in [0.25, 0.3) is 0 Å². The van der Waals surface area contributed by atoms with Gasteiger partial charge in [0.25, 0.3) is 0 Å². The molecule has 0 radical (unpaired) electrons. The number of nitrogens with one attached hydrogen (secondary N) is 1. The SMILES string of the molecule is O=C1NC[C@H]2C[C@H](c3ccc(OCc4ccccc4F)cc3)N(Cc3ccccc3)[C@@H]12. The van der Waals surface area contributed by atoms with Crippen molar-refractivity contribution in [2.24, 2.45) is 5.92 Å². The third-order valence-electron chi connectivity index (χ3n) is 6.36. The molecule has 5 rings (SSSR count). The predicted molar refractivity (Wildman–Crippen MR) is 117 cm³/mol. The summed E-state index contributed by atoms with van der Waals surface area (Å²) in [7, 11) is 0. The molecular formula is C26H25FN2O2. The van der Waals surface area contributed by atoms with E-state index < -0.39 is 0 Å². The third kappa shape index (κ3) is 4.06. The molecule has 5 heteroatoms. The maximum atomic E-state index is 13.8. The fourth-order valence-corrected chi connectivity index (χ4v) is 4.80. The molecule has 4 nitrogen and oxygen atoms in total. The van der Waals surface area contributed by atoms with Crippen LogP contribution in [-0.2, 0) is 17.9 Å². The van der Waals surface area contributed by atoms with Crippen molar-refractivity contribution in [3.05, 3.63) is 101 Å². The van der Waals surface area contributed by atoms with E-state index in [2.05, 4.69) is 34.5 Å². The first-order chi connectivity index (χ1) is 15.2. The predicted octanol–water partition coefficient (Wildman–Crippen LogP) is 4.47. The lowest BCUT2D eigenvalue weighted by Gasteiger charge is -2.29. The lowest BCUT2D eigenvalue weighted by Crippen LogP contribution is -2.39. The Morgan fingerprint density at radius 1 is 0.968 bits per heavy atom. The van der Waals surface area contributed by atoms with Crippen LogP contribution in [-0.4, -0.2) is 23.4 Å². The van der Waals surface area contributed by atoms with E-state index in [0.29, 0.717) is 17.2 Å². The van der Waals surface area contributed by atoms with Crippen LogP contribution in [0.5, 0.6) is 5.75 Å². The molecule has 0 unspecified atom stereocenters. The lowest BCUT2D eigenvalue weighted by molar-refractivity contribution is -0.124. The third-order valence-corrected chi connectivity index (χ3v) is 6.36. The van der Waals surface area contributed by atoms with Crippen molar-refractivity contribution in [2.75, 3.05) is 6.54 Å². The van der Waals surface area contributed by atoms with E-state index in [9.17, 15) is 9.18 Å². The molecule has 3 aromatic carbocycles. The summed E-state index contributed by atoms with van der Waals surface area (Å²) in [6, 6.07) is 25.1. The number of rotatable bonds is 6. The first-order valence-electron chi connectivity index (χ1n) is 10.7. The van der Waals surface area contributed by atoms with Crippen LogP contribution < -0.4 is 10.1 Å². The summed E-state index contributed by atoms with van der Waals surface area (Å²) in [5.41, 5.74) is 2.92. The molecule has 2 heterocycles. The molecule has 0 aromatic heterocycles. The number of ether oxygens (including phenoxy) is 1. The van der Waals surface area contributed by atoms with Gasteiger partial charge in [0.15, 0.2) is 0 Å². The van der Waals surface area contributed by atoms with Gasteiger partial charge in [-0.25, -0.2) is 4.39 Å². The van der Waals surface area contributed by atoms with Gasteiger partial charge in [0.05, 0.1) is 6.04 Å². The maximum Gasteiger partial charge on any atom is 0.237 e. The summed E-state index contributed by atoms with van der Waals surface area (Å²) < 4.78 is 19.6. The minimum absolute atomic E-state index is 0.0813. The number of benzene rings is 3. The van der Waals surface area contributed by atoms with Crippen molar-refractivity contribution < 1.29 is 13.9 Å². The summed E-state index contributed by atoms with van der Waals surface area (Å²) >= 11 is 0. The molecule has 0 spiro atoms. The van der Waals surface area contributed by atoms with Crippen LogP contribution in [0.1, 0.15) is 29.2 Å². The van der Waals surface area contributed by atoms with Crippen molar-refractivity contribution in [2.45, 2.75) is 31.7 Å². The van der Waals surface area contributed by atoms with Crippen LogP contribution in [0.3, 0.4) is 0 Å². The van der Waals surface area contributed by atoms with Crippen molar-refractivity contribution in [1.82, 2.24) is 10.2 Å². The van der Waals surface area contributed by atoms with Gasteiger partial charge in [0.1, 0.15) is 18.2 Å². The fraction of sp³-hybridized carbons (Fsp3) is 0.269. The first kappa shape index (κ1) is 19.8. The van der Waals surface area contributed by atoms with E-state index in [1.165, 1.54) is 17.2 Å². The highest BCUT2D eigenvalue weighted by Crippen LogP contribution is 2.43. The van der Waals surface area contributed by atoms with Gasteiger partial charge in [0, 0.05) is 30.6 Å². The lowest BCUT2D eigenvalue weighted by atomic mass is 9.98. The second-order valence-electron chi connectivity index (χ2n) is 8.31. The quantitative estimate of drug-likeness (QED) is 0.645. The molecule has 31 heavy (non-hydrogen) atoms. The Labute approximate surface area is 181 Å². The number of likely N-dealkylation sites (tertiary alicyclic amines) is 1. The number of nitrogens with zero attached hydrogens (tertiary/aromatic N) is 1. The van der Waals surface area contributed by atoms with Crippen molar-refractivity contribution >= 4 is 5.91 Å². The van der Waals surface area contributed by atoms with Crippen LogP contribution in [0.15, 0.2) is 78.9 Å².